The lowest BCUT2D eigenvalue weighted by atomic mass is 9.97. The van der Waals surface area contributed by atoms with E-state index in [9.17, 15) is 19.5 Å². The number of imide groups is 1. The molecule has 0 bridgehead atoms. The molecule has 1 saturated heterocycles. The van der Waals surface area contributed by atoms with Gasteiger partial charge in [-0.2, -0.15) is 0 Å². The van der Waals surface area contributed by atoms with Crippen LogP contribution in [0.15, 0.2) is 18.2 Å². The molecule has 2 unspecified atom stereocenters. The second kappa shape index (κ2) is 8.77. The molecule has 158 valence electrons. The van der Waals surface area contributed by atoms with Gasteiger partial charge >= 0.3 is 6.03 Å². The third kappa shape index (κ3) is 4.44. The highest BCUT2D eigenvalue weighted by Crippen LogP contribution is 2.35. The molecule has 8 nitrogen and oxygen atoms in total. The van der Waals surface area contributed by atoms with Crippen LogP contribution in [-0.2, 0) is 9.59 Å². The molecule has 29 heavy (non-hydrogen) atoms. The zero-order valence-corrected chi connectivity index (χ0v) is 17.4. The zero-order valence-electron chi connectivity index (χ0n) is 15.9. The van der Waals surface area contributed by atoms with Crippen LogP contribution in [0.4, 0.5) is 4.79 Å². The lowest BCUT2D eigenvalue weighted by molar-refractivity contribution is -0.138. The average Bonchev–Trinajstić information content (AvgIpc) is 3.25. The monoisotopic (exact) mass is 443 g/mol. The maximum atomic E-state index is 12.7. The Bertz CT molecular complexity index is 813. The first kappa shape index (κ1) is 21.7. The number of urea groups is 1. The maximum Gasteiger partial charge on any atom is 0.325 e. The summed E-state index contributed by atoms with van der Waals surface area (Å²) in [5.74, 6) is -0.579. The fourth-order valence-corrected chi connectivity index (χ4v) is 3.98. The van der Waals surface area contributed by atoms with Crippen molar-refractivity contribution in [3.63, 3.8) is 0 Å². The summed E-state index contributed by atoms with van der Waals surface area (Å²) in [4.78, 5) is 38.4. The van der Waals surface area contributed by atoms with Crippen LogP contribution in [0.2, 0.25) is 10.0 Å². The summed E-state index contributed by atoms with van der Waals surface area (Å²) >= 11 is 11.9. The topological polar surface area (TPSA) is 108 Å². The van der Waals surface area contributed by atoms with Crippen molar-refractivity contribution in [3.8, 4) is 5.75 Å². The second-order valence-electron chi connectivity index (χ2n) is 7.33. The molecule has 1 aromatic carbocycles. The van der Waals surface area contributed by atoms with Gasteiger partial charge in [0.2, 0.25) is 5.91 Å². The predicted molar refractivity (Wildman–Crippen MR) is 107 cm³/mol. The molecular formula is C19H23Cl2N3O5. The second-order valence-corrected chi connectivity index (χ2v) is 8.12. The predicted octanol–water partition coefficient (Wildman–Crippen LogP) is 2.10. The van der Waals surface area contributed by atoms with Crippen LogP contribution in [0.5, 0.6) is 5.75 Å². The largest absolute Gasteiger partial charge is 0.489 e. The van der Waals surface area contributed by atoms with Crippen LogP contribution in [-0.4, -0.2) is 58.7 Å². The molecule has 1 aliphatic heterocycles. The van der Waals surface area contributed by atoms with Crippen LogP contribution in [0, 0.1) is 0 Å². The molecule has 1 aliphatic carbocycles. The molecule has 4 amide bonds. The smallest absolute Gasteiger partial charge is 0.325 e. The summed E-state index contributed by atoms with van der Waals surface area (Å²) in [6.45, 7) is 1.24. The Labute approximate surface area is 178 Å². The Morgan fingerprint density at radius 2 is 2.03 bits per heavy atom. The number of halogens is 2. The van der Waals surface area contributed by atoms with E-state index in [4.69, 9.17) is 27.9 Å². The van der Waals surface area contributed by atoms with Crippen LogP contribution >= 0.6 is 23.2 Å². The number of rotatable bonds is 7. The molecule has 3 rings (SSSR count). The molecule has 2 atom stereocenters. The normalized spacial score (nSPS) is 19.9. The summed E-state index contributed by atoms with van der Waals surface area (Å²) in [7, 11) is 0. The Kier molecular flexibility index (Phi) is 6.55. The highest BCUT2D eigenvalue weighted by Gasteiger charge is 2.54. The number of benzene rings is 1. The minimum Gasteiger partial charge on any atom is -0.489 e. The van der Waals surface area contributed by atoms with E-state index in [0.29, 0.717) is 23.6 Å². The summed E-state index contributed by atoms with van der Waals surface area (Å²) in [5.41, 5.74) is -0.866. The highest BCUT2D eigenvalue weighted by molar-refractivity contribution is 6.42. The van der Waals surface area contributed by atoms with E-state index in [1.54, 1.807) is 18.2 Å². The van der Waals surface area contributed by atoms with E-state index in [-0.39, 0.29) is 24.1 Å². The number of hydrogen-bond acceptors (Lipinski definition) is 5. The lowest BCUT2D eigenvalue weighted by Gasteiger charge is -2.24. The number of carbonyl (C=O) groups is 3. The zero-order chi connectivity index (χ0) is 21.2. The first-order valence-corrected chi connectivity index (χ1v) is 10.2. The number of nitrogens with one attached hydrogen (secondary N) is 2. The van der Waals surface area contributed by atoms with E-state index in [1.165, 1.54) is 6.92 Å². The molecule has 1 saturated carbocycles. The summed E-state index contributed by atoms with van der Waals surface area (Å²) in [5, 5.41) is 15.9. The van der Waals surface area contributed by atoms with Gasteiger partial charge in [0.15, 0.2) is 0 Å². The maximum absolute atomic E-state index is 12.7. The minimum atomic E-state index is -1.02. The Morgan fingerprint density at radius 1 is 1.34 bits per heavy atom. The Balaban J connectivity index is 1.50. The number of ether oxygens (including phenoxy) is 1. The Morgan fingerprint density at radius 3 is 2.72 bits per heavy atom. The molecule has 2 fully saturated rings. The minimum absolute atomic E-state index is 0.115. The van der Waals surface area contributed by atoms with Crippen molar-refractivity contribution in [2.24, 2.45) is 0 Å². The molecule has 3 N–H and O–H groups in total. The number of aliphatic hydroxyl groups excluding tert-OH is 1. The third-order valence-corrected chi connectivity index (χ3v) is 6.08. The van der Waals surface area contributed by atoms with Crippen LogP contribution in [0.1, 0.15) is 32.6 Å². The molecule has 1 aromatic rings. The van der Waals surface area contributed by atoms with Crippen molar-refractivity contribution in [1.29, 1.82) is 0 Å². The number of hydrogen-bond donors (Lipinski definition) is 3. The van der Waals surface area contributed by atoms with E-state index < -0.39 is 29.6 Å². The fraction of sp³-hybridized carbons (Fsp3) is 0.526. The van der Waals surface area contributed by atoms with Crippen molar-refractivity contribution < 1.29 is 24.2 Å². The van der Waals surface area contributed by atoms with Gasteiger partial charge in [-0.15, -0.1) is 0 Å². The van der Waals surface area contributed by atoms with Gasteiger partial charge in [0, 0.05) is 6.54 Å². The summed E-state index contributed by atoms with van der Waals surface area (Å²) in [6.07, 6.45) is 1.88. The van der Waals surface area contributed by atoms with Gasteiger partial charge in [0.1, 0.15) is 35.1 Å². The quantitative estimate of drug-likeness (QED) is 0.559. The van der Waals surface area contributed by atoms with Crippen molar-refractivity contribution >= 4 is 41.0 Å². The fourth-order valence-electron chi connectivity index (χ4n) is 3.63. The molecule has 0 radical (unpaired) electrons. The van der Waals surface area contributed by atoms with Crippen molar-refractivity contribution in [2.75, 3.05) is 13.2 Å². The van der Waals surface area contributed by atoms with Gasteiger partial charge in [0.05, 0.1) is 5.02 Å². The molecule has 2 aliphatic rings. The van der Waals surface area contributed by atoms with Crippen LogP contribution < -0.4 is 15.4 Å². The van der Waals surface area contributed by atoms with E-state index in [1.807, 2.05) is 0 Å². The van der Waals surface area contributed by atoms with Crippen molar-refractivity contribution in [1.82, 2.24) is 15.5 Å². The van der Waals surface area contributed by atoms with Crippen LogP contribution in [0.3, 0.4) is 0 Å². The van der Waals surface area contributed by atoms with Crippen molar-refractivity contribution in [2.45, 2.75) is 50.3 Å². The number of amides is 4. The average molecular weight is 444 g/mol. The first-order valence-electron chi connectivity index (χ1n) is 9.43. The number of nitrogens with zero attached hydrogens (tertiary/aromatic N) is 1. The highest BCUT2D eigenvalue weighted by atomic mass is 35.5. The molecule has 0 aromatic heterocycles. The van der Waals surface area contributed by atoms with Gasteiger partial charge in [0.25, 0.3) is 5.91 Å². The van der Waals surface area contributed by atoms with E-state index >= 15 is 0 Å². The molecule has 10 heteroatoms. The first-order chi connectivity index (χ1) is 13.7. The Hall–Kier alpha value is -2.03. The van der Waals surface area contributed by atoms with Gasteiger partial charge in [-0.25, -0.2) is 9.69 Å². The number of aliphatic hydroxyl groups is 1. The molecule has 1 heterocycles. The SMILES string of the molecule is CC(C(=O)NCC(O)COc1cccc(Cl)c1Cl)N1C(=O)NC2(CCCC2)C1=O. The summed E-state index contributed by atoms with van der Waals surface area (Å²) < 4.78 is 5.42. The van der Waals surface area contributed by atoms with E-state index in [0.717, 1.165) is 17.7 Å². The van der Waals surface area contributed by atoms with Gasteiger partial charge in [-0.1, -0.05) is 42.1 Å². The van der Waals surface area contributed by atoms with Gasteiger partial charge in [-0.3, -0.25) is 9.59 Å². The van der Waals surface area contributed by atoms with Crippen molar-refractivity contribution in [3.05, 3.63) is 28.2 Å². The molecule has 1 spiro atoms. The standard InChI is InChI=1S/C19H23Cl2N3O5/c1-11(24-17(27)19(23-18(24)28)7-2-3-8-19)16(26)22-9-12(25)10-29-14-6-4-5-13(20)15(14)21/h4-6,11-12,25H,2-3,7-10H2,1H3,(H,22,26)(H,23,28). The molecular weight excluding hydrogens is 421 g/mol. The van der Waals surface area contributed by atoms with Crippen LogP contribution in [0.25, 0.3) is 0 Å². The van der Waals surface area contributed by atoms with Gasteiger partial charge < -0.3 is 20.5 Å². The van der Waals surface area contributed by atoms with E-state index in [2.05, 4.69) is 10.6 Å². The number of carbonyl (C=O) groups excluding carboxylic acids is 3. The summed E-state index contributed by atoms with van der Waals surface area (Å²) in [6, 6.07) is 3.34. The third-order valence-electron chi connectivity index (χ3n) is 5.28. The van der Waals surface area contributed by atoms with Gasteiger partial charge in [-0.05, 0) is 31.9 Å². The lowest BCUT2D eigenvalue weighted by Crippen LogP contribution is -2.51.